The number of nitrogens with one attached hydrogen (secondary N) is 1. The number of aromatic nitrogens is 1. The van der Waals surface area contributed by atoms with Gasteiger partial charge >= 0.3 is 0 Å². The highest BCUT2D eigenvalue weighted by Gasteiger charge is 2.24. The van der Waals surface area contributed by atoms with Crippen LogP contribution < -0.4 is 10.2 Å². The van der Waals surface area contributed by atoms with Crippen LogP contribution >= 0.6 is 23.2 Å². The summed E-state index contributed by atoms with van der Waals surface area (Å²) in [4.78, 5) is 33.9. The van der Waals surface area contributed by atoms with Crippen molar-refractivity contribution >= 4 is 46.5 Å². The third-order valence-electron chi connectivity index (χ3n) is 6.07. The number of benzene rings is 2. The molecule has 1 aliphatic heterocycles. The second-order valence-electron chi connectivity index (χ2n) is 9.59. The van der Waals surface area contributed by atoms with Crippen LogP contribution in [0.2, 0.25) is 10.0 Å². The zero-order valence-corrected chi connectivity index (χ0v) is 21.5. The quantitative estimate of drug-likeness (QED) is 0.474. The summed E-state index contributed by atoms with van der Waals surface area (Å²) in [5, 5.41) is 3.76. The Morgan fingerprint density at radius 3 is 2.17 bits per heavy atom. The predicted octanol–water partition coefficient (Wildman–Crippen LogP) is 5.90. The van der Waals surface area contributed by atoms with Gasteiger partial charge in [-0.05, 0) is 53.4 Å². The summed E-state index contributed by atoms with van der Waals surface area (Å²) in [5.74, 6) is 0.523. The zero-order chi connectivity index (χ0) is 25.2. The standard InChI is InChI=1S/C27H28Cl2N4O2/c1-27(2,3)19-6-4-18(5-7-19)25(34)31-21-9-11-24(30-17-21)32-12-14-33(15-13-32)26(35)22-10-8-20(28)16-23(22)29/h4-11,16-17H,12-15H2,1-3H3,(H,31,34). The Morgan fingerprint density at radius 1 is 0.914 bits per heavy atom. The first kappa shape index (κ1) is 25.0. The summed E-state index contributed by atoms with van der Waals surface area (Å²) in [6.07, 6.45) is 1.65. The van der Waals surface area contributed by atoms with E-state index in [9.17, 15) is 9.59 Å². The van der Waals surface area contributed by atoms with E-state index in [1.165, 1.54) is 5.56 Å². The van der Waals surface area contributed by atoms with Crippen molar-refractivity contribution in [3.63, 3.8) is 0 Å². The maximum Gasteiger partial charge on any atom is 0.255 e. The second kappa shape index (κ2) is 10.3. The maximum absolute atomic E-state index is 12.8. The molecule has 4 rings (SSSR count). The molecule has 182 valence electrons. The number of nitrogens with zero attached hydrogens (tertiary/aromatic N) is 3. The molecule has 1 N–H and O–H groups in total. The van der Waals surface area contributed by atoms with E-state index in [1.807, 2.05) is 36.4 Å². The lowest BCUT2D eigenvalue weighted by Crippen LogP contribution is -2.49. The van der Waals surface area contributed by atoms with Crippen LogP contribution in [0.5, 0.6) is 0 Å². The smallest absolute Gasteiger partial charge is 0.255 e. The monoisotopic (exact) mass is 510 g/mol. The summed E-state index contributed by atoms with van der Waals surface area (Å²) in [7, 11) is 0. The van der Waals surface area contributed by atoms with E-state index in [1.54, 1.807) is 29.3 Å². The first-order chi connectivity index (χ1) is 16.6. The van der Waals surface area contributed by atoms with E-state index >= 15 is 0 Å². The number of halogens is 2. The van der Waals surface area contributed by atoms with Gasteiger partial charge in [-0.25, -0.2) is 4.98 Å². The van der Waals surface area contributed by atoms with Gasteiger partial charge < -0.3 is 15.1 Å². The third kappa shape index (κ3) is 5.95. The fraction of sp³-hybridized carbons (Fsp3) is 0.296. The van der Waals surface area contributed by atoms with Crippen molar-refractivity contribution in [2.45, 2.75) is 26.2 Å². The SMILES string of the molecule is CC(C)(C)c1ccc(C(=O)Nc2ccc(N3CCN(C(=O)c4ccc(Cl)cc4Cl)CC3)nc2)cc1. The Balaban J connectivity index is 1.33. The van der Waals surface area contributed by atoms with Crippen molar-refractivity contribution in [2.75, 3.05) is 36.4 Å². The van der Waals surface area contributed by atoms with Crippen molar-refractivity contribution in [3.05, 3.63) is 87.5 Å². The number of carbonyl (C=O) groups is 2. The third-order valence-corrected chi connectivity index (χ3v) is 6.62. The summed E-state index contributed by atoms with van der Waals surface area (Å²) >= 11 is 12.1. The summed E-state index contributed by atoms with van der Waals surface area (Å²) in [5.41, 5.74) is 2.90. The molecule has 1 aromatic heterocycles. The van der Waals surface area contributed by atoms with E-state index in [-0.39, 0.29) is 17.2 Å². The topological polar surface area (TPSA) is 65.5 Å². The predicted molar refractivity (Wildman–Crippen MR) is 142 cm³/mol. The zero-order valence-electron chi connectivity index (χ0n) is 20.0. The summed E-state index contributed by atoms with van der Waals surface area (Å²) in [6.45, 7) is 8.84. The molecule has 2 aromatic carbocycles. The molecule has 0 spiro atoms. The van der Waals surface area contributed by atoms with Crippen LogP contribution in [-0.4, -0.2) is 47.9 Å². The minimum atomic E-state index is -0.173. The highest BCUT2D eigenvalue weighted by atomic mass is 35.5. The van der Waals surface area contributed by atoms with Crippen LogP contribution in [-0.2, 0) is 5.41 Å². The van der Waals surface area contributed by atoms with Gasteiger partial charge in [0.1, 0.15) is 5.82 Å². The number of amides is 2. The van der Waals surface area contributed by atoms with Gasteiger partial charge in [0, 0.05) is 36.8 Å². The number of piperazine rings is 1. The van der Waals surface area contributed by atoms with Crippen LogP contribution in [0, 0.1) is 0 Å². The van der Waals surface area contributed by atoms with E-state index in [2.05, 4.69) is 36.0 Å². The van der Waals surface area contributed by atoms with Crippen LogP contribution in [0.3, 0.4) is 0 Å². The molecular formula is C27H28Cl2N4O2. The minimum Gasteiger partial charge on any atom is -0.353 e. The molecule has 1 saturated heterocycles. The number of carbonyl (C=O) groups excluding carboxylic acids is 2. The molecule has 2 amide bonds. The number of pyridine rings is 1. The average molecular weight is 511 g/mol. The van der Waals surface area contributed by atoms with Crippen LogP contribution in [0.4, 0.5) is 11.5 Å². The highest BCUT2D eigenvalue weighted by molar-refractivity contribution is 6.36. The van der Waals surface area contributed by atoms with E-state index in [0.717, 1.165) is 5.82 Å². The fourth-order valence-electron chi connectivity index (χ4n) is 3.94. The maximum atomic E-state index is 12.8. The Labute approximate surface area is 215 Å². The van der Waals surface area contributed by atoms with E-state index < -0.39 is 0 Å². The molecule has 6 nitrogen and oxygen atoms in total. The van der Waals surface area contributed by atoms with Gasteiger partial charge in [0.2, 0.25) is 0 Å². The Morgan fingerprint density at radius 2 is 1.60 bits per heavy atom. The van der Waals surface area contributed by atoms with E-state index in [0.29, 0.717) is 53.0 Å². The molecule has 1 aliphatic rings. The molecular weight excluding hydrogens is 483 g/mol. The Kier molecular flexibility index (Phi) is 7.33. The molecule has 0 radical (unpaired) electrons. The molecule has 3 aromatic rings. The summed E-state index contributed by atoms with van der Waals surface area (Å²) < 4.78 is 0. The van der Waals surface area contributed by atoms with Crippen molar-refractivity contribution in [3.8, 4) is 0 Å². The number of hydrogen-bond acceptors (Lipinski definition) is 4. The van der Waals surface area contributed by atoms with E-state index in [4.69, 9.17) is 23.2 Å². The fourth-order valence-corrected chi connectivity index (χ4v) is 4.43. The average Bonchev–Trinajstić information content (AvgIpc) is 2.84. The van der Waals surface area contributed by atoms with Crippen molar-refractivity contribution in [1.29, 1.82) is 0 Å². The lowest BCUT2D eigenvalue weighted by Gasteiger charge is -2.35. The highest BCUT2D eigenvalue weighted by Crippen LogP contribution is 2.24. The van der Waals surface area contributed by atoms with Gasteiger partial charge in [-0.1, -0.05) is 56.1 Å². The largest absolute Gasteiger partial charge is 0.353 e. The lowest BCUT2D eigenvalue weighted by molar-refractivity contribution is 0.0746. The normalized spacial score (nSPS) is 14.1. The van der Waals surface area contributed by atoms with Crippen LogP contribution in [0.25, 0.3) is 0 Å². The van der Waals surface area contributed by atoms with Crippen molar-refractivity contribution in [2.24, 2.45) is 0 Å². The molecule has 0 bridgehead atoms. The molecule has 1 fully saturated rings. The minimum absolute atomic E-state index is 0.0381. The van der Waals surface area contributed by atoms with Gasteiger partial charge in [0.05, 0.1) is 22.5 Å². The van der Waals surface area contributed by atoms with Crippen molar-refractivity contribution in [1.82, 2.24) is 9.88 Å². The van der Waals surface area contributed by atoms with Gasteiger partial charge in [-0.2, -0.15) is 0 Å². The number of anilines is 2. The Bertz CT molecular complexity index is 1210. The van der Waals surface area contributed by atoms with Crippen molar-refractivity contribution < 1.29 is 9.59 Å². The molecule has 0 unspecified atom stereocenters. The van der Waals surface area contributed by atoms with Gasteiger partial charge in [-0.15, -0.1) is 0 Å². The lowest BCUT2D eigenvalue weighted by atomic mass is 9.87. The first-order valence-corrected chi connectivity index (χ1v) is 12.2. The molecule has 0 saturated carbocycles. The molecule has 8 heteroatoms. The van der Waals surface area contributed by atoms with Crippen LogP contribution in [0.1, 0.15) is 47.1 Å². The Hall–Kier alpha value is -3.09. The first-order valence-electron chi connectivity index (χ1n) is 11.5. The summed E-state index contributed by atoms with van der Waals surface area (Å²) in [6, 6.07) is 16.3. The molecule has 35 heavy (non-hydrogen) atoms. The molecule has 0 atom stereocenters. The molecule has 2 heterocycles. The van der Waals surface area contributed by atoms with Gasteiger partial charge in [0.15, 0.2) is 0 Å². The van der Waals surface area contributed by atoms with Gasteiger partial charge in [0.25, 0.3) is 11.8 Å². The number of hydrogen-bond donors (Lipinski definition) is 1. The second-order valence-corrected chi connectivity index (χ2v) is 10.4. The van der Waals surface area contributed by atoms with Gasteiger partial charge in [-0.3, -0.25) is 9.59 Å². The molecule has 0 aliphatic carbocycles. The number of rotatable bonds is 4. The van der Waals surface area contributed by atoms with Crippen LogP contribution in [0.15, 0.2) is 60.8 Å².